The molecule has 0 amide bonds. The molecule has 0 atom stereocenters. The largest absolute Gasteiger partial charge is 1.00 e. The van der Waals surface area contributed by atoms with Crippen LogP contribution < -0.4 is 104 Å². The molecule has 0 aliphatic rings. The molecule has 0 radical (unpaired) electrons. The van der Waals surface area contributed by atoms with Gasteiger partial charge in [-0.05, 0) is 0 Å². The Balaban J connectivity index is -0.0000000951. The van der Waals surface area contributed by atoms with E-state index in [0.717, 1.165) is 0 Å². The molecule has 4 N–H and O–H groups in total. The number of hydrogen-bond acceptors (Lipinski definition) is 10. The third-order valence-electron chi connectivity index (χ3n) is 1.25. The Morgan fingerprint density at radius 3 is 1.15 bits per heavy atom. The average Bonchev–Trinajstić information content (AvgIpc) is 1.98. The van der Waals surface area contributed by atoms with Crippen LogP contribution in [-0.4, -0.2) is 51.0 Å². The number of carboxylic acid groups (broad SMARTS) is 3. The molecule has 0 aliphatic carbocycles. The molecule has 0 unspecified atom stereocenters. The van der Waals surface area contributed by atoms with Gasteiger partial charge < -0.3 is 49.9 Å². The zero-order valence-corrected chi connectivity index (χ0v) is 17.2. The van der Waals surface area contributed by atoms with E-state index in [1.54, 1.807) is 0 Å². The molecule has 10 nitrogen and oxygen atoms in total. The molecule has 0 saturated heterocycles. The van der Waals surface area contributed by atoms with Gasteiger partial charge in [0.25, 0.3) is 0 Å². The van der Waals surface area contributed by atoms with Crippen molar-refractivity contribution in [3.8, 4) is 0 Å². The van der Waals surface area contributed by atoms with Gasteiger partial charge in [0.05, 0.1) is 5.97 Å². The fraction of sp³-hybridized carbons (Fsp3) is 0.500. The Kier molecular flexibility index (Phi) is 27.6. The van der Waals surface area contributed by atoms with Gasteiger partial charge in [0.15, 0.2) is 0 Å². The van der Waals surface area contributed by atoms with Crippen molar-refractivity contribution in [2.24, 2.45) is 0 Å². The number of aliphatic hydroxyl groups is 1. The second-order valence-electron chi connectivity index (χ2n) is 2.76. The minimum Gasteiger partial charge on any atom is -0.550 e. The molecule has 0 bridgehead atoms. The van der Waals surface area contributed by atoms with Gasteiger partial charge >= 0.3 is 96.0 Å². The predicted octanol–water partition coefficient (Wildman–Crippen LogP) is -16.3. The van der Waals surface area contributed by atoms with Crippen molar-refractivity contribution >= 4 is 25.2 Å². The number of hydrogen-bond donors (Lipinski definition) is 4. The van der Waals surface area contributed by atoms with Crippen molar-refractivity contribution in [2.75, 3.05) is 0 Å². The fourth-order valence-electron chi connectivity index (χ4n) is 0.684. The molecule has 20 heavy (non-hydrogen) atoms. The summed E-state index contributed by atoms with van der Waals surface area (Å²) in [5.41, 5.74) is -2.97. The number of carboxylic acids is 3. The van der Waals surface area contributed by atoms with Crippen molar-refractivity contribution < 1.29 is 139 Å². The minimum absolute atomic E-state index is 0. The van der Waals surface area contributed by atoms with E-state index in [-0.39, 0.29) is 88.7 Å². The van der Waals surface area contributed by atoms with Crippen LogP contribution in [0.15, 0.2) is 0 Å². The molecular weight excluding hydrogens is 312 g/mol. The SMILES string of the molecule is O=C([O-])CC(O)(CC(=O)[O-])C(=O)[O-].OB(O)O.[Na+].[Na+].[Na+]. The summed E-state index contributed by atoms with van der Waals surface area (Å²) in [6.45, 7) is 0. The van der Waals surface area contributed by atoms with E-state index < -0.39 is 43.7 Å². The third-order valence-corrected chi connectivity index (χ3v) is 1.25. The van der Waals surface area contributed by atoms with Crippen LogP contribution >= 0.6 is 0 Å². The monoisotopic (exact) mass is 320 g/mol. The van der Waals surface area contributed by atoms with Gasteiger partial charge in [0, 0.05) is 24.8 Å². The molecule has 0 spiro atoms. The van der Waals surface area contributed by atoms with Crippen molar-refractivity contribution in [3.63, 3.8) is 0 Å². The zero-order valence-electron chi connectivity index (χ0n) is 11.2. The Morgan fingerprint density at radius 1 is 0.850 bits per heavy atom. The summed E-state index contributed by atoms with van der Waals surface area (Å²) in [5, 5.41) is 60.4. The molecule has 98 valence electrons. The summed E-state index contributed by atoms with van der Waals surface area (Å²) in [6.07, 6.45) is -2.72. The van der Waals surface area contributed by atoms with Crippen LogP contribution in [0.5, 0.6) is 0 Å². The first kappa shape index (κ1) is 33.0. The van der Waals surface area contributed by atoms with Crippen molar-refractivity contribution in [1.29, 1.82) is 0 Å². The maximum absolute atomic E-state index is 10.1. The number of rotatable bonds is 5. The minimum atomic E-state index is -2.97. The van der Waals surface area contributed by atoms with Crippen molar-refractivity contribution in [1.82, 2.24) is 0 Å². The van der Waals surface area contributed by atoms with Gasteiger partial charge in [-0.15, -0.1) is 0 Å². The summed E-state index contributed by atoms with van der Waals surface area (Å²) < 4.78 is 0. The molecule has 0 aromatic carbocycles. The van der Waals surface area contributed by atoms with Crippen molar-refractivity contribution in [3.05, 3.63) is 0 Å². The molecule has 14 heteroatoms. The van der Waals surface area contributed by atoms with Gasteiger partial charge in [-0.3, -0.25) is 0 Å². The molecule has 0 saturated carbocycles. The first-order valence-corrected chi connectivity index (χ1v) is 3.89. The Morgan fingerprint density at radius 2 is 1.05 bits per heavy atom. The maximum Gasteiger partial charge on any atom is 1.00 e. The van der Waals surface area contributed by atoms with Crippen LogP contribution in [-0.2, 0) is 14.4 Å². The summed E-state index contributed by atoms with van der Waals surface area (Å²) in [7, 11) is -2.17. The molecule has 0 heterocycles. The van der Waals surface area contributed by atoms with E-state index >= 15 is 0 Å². The van der Waals surface area contributed by atoms with Crippen LogP contribution in [0.25, 0.3) is 0 Å². The zero-order chi connectivity index (χ0) is 14.2. The summed E-state index contributed by atoms with van der Waals surface area (Å²) in [5.74, 6) is -5.98. The van der Waals surface area contributed by atoms with Crippen LogP contribution in [0.3, 0.4) is 0 Å². The van der Waals surface area contributed by atoms with Gasteiger partial charge in [-0.2, -0.15) is 0 Å². The van der Waals surface area contributed by atoms with Gasteiger partial charge in [-0.25, -0.2) is 0 Å². The maximum atomic E-state index is 10.1. The van der Waals surface area contributed by atoms with E-state index in [0.29, 0.717) is 0 Å². The normalized spacial score (nSPS) is 8.40. The van der Waals surface area contributed by atoms with Crippen LogP contribution in [0, 0.1) is 0 Å². The molecular formula is C6H8BNa3O10. The first-order valence-electron chi connectivity index (χ1n) is 3.89. The van der Waals surface area contributed by atoms with Crippen molar-refractivity contribution in [2.45, 2.75) is 18.4 Å². The molecule has 0 aromatic heterocycles. The third kappa shape index (κ3) is 21.6. The second-order valence-corrected chi connectivity index (χ2v) is 2.76. The van der Waals surface area contributed by atoms with E-state index in [1.165, 1.54) is 0 Å². The topological polar surface area (TPSA) is 201 Å². The summed E-state index contributed by atoms with van der Waals surface area (Å²) >= 11 is 0. The summed E-state index contributed by atoms with van der Waals surface area (Å²) in [6, 6.07) is 0. The predicted molar refractivity (Wildman–Crippen MR) is 41.6 cm³/mol. The number of aliphatic carboxylic acids is 3. The standard InChI is InChI=1S/C6H8O7.BH3O3.3Na/c7-3(8)1-6(13,5(11)12)2-4(9)10;2-1(3)4;;;/h13H,1-2H2,(H,7,8)(H,9,10)(H,11,12);2-4H;;;/q;;3*+1/p-3. The number of carbonyl (C=O) groups is 3. The molecule has 0 aromatic rings. The van der Waals surface area contributed by atoms with E-state index in [9.17, 15) is 29.7 Å². The Labute approximate surface area is 180 Å². The second kappa shape index (κ2) is 16.7. The van der Waals surface area contributed by atoms with Gasteiger partial charge in [0.2, 0.25) is 0 Å². The quantitative estimate of drug-likeness (QED) is 0.352. The van der Waals surface area contributed by atoms with E-state index in [1.807, 2.05) is 0 Å². The smallest absolute Gasteiger partial charge is 0.550 e. The number of carbonyl (C=O) groups excluding carboxylic acids is 3. The molecule has 0 aliphatic heterocycles. The van der Waals surface area contributed by atoms with Gasteiger partial charge in [0.1, 0.15) is 5.60 Å². The van der Waals surface area contributed by atoms with Gasteiger partial charge in [-0.1, -0.05) is 0 Å². The van der Waals surface area contributed by atoms with E-state index in [2.05, 4.69) is 0 Å². The van der Waals surface area contributed by atoms with E-state index in [4.69, 9.17) is 20.2 Å². The van der Waals surface area contributed by atoms with Crippen LogP contribution in [0.1, 0.15) is 12.8 Å². The average molecular weight is 320 g/mol. The summed E-state index contributed by atoms with van der Waals surface area (Å²) in [4.78, 5) is 30.0. The molecule has 0 fully saturated rings. The van der Waals surface area contributed by atoms with Crippen LogP contribution in [0.2, 0.25) is 0 Å². The fourth-order valence-corrected chi connectivity index (χ4v) is 0.684. The Hall–Kier alpha value is 1.31. The first-order chi connectivity index (χ1) is 7.51. The molecule has 0 rings (SSSR count). The Bertz CT molecular complexity index is 280. The van der Waals surface area contributed by atoms with Crippen LogP contribution in [0.4, 0.5) is 0 Å².